The summed E-state index contributed by atoms with van der Waals surface area (Å²) in [7, 11) is 0. The third-order valence-corrected chi connectivity index (χ3v) is 11.4. The predicted molar refractivity (Wildman–Crippen MR) is 202 cm³/mol. The Labute approximate surface area is 318 Å². The molecule has 2 aliphatic rings. The fourth-order valence-corrected chi connectivity index (χ4v) is 8.17. The number of thiazole rings is 2. The third kappa shape index (κ3) is 10.6. The fraction of sp³-hybridized carbons (Fsp3) is 0.432. The second-order valence-corrected chi connectivity index (χ2v) is 15.4. The van der Waals surface area contributed by atoms with Crippen molar-refractivity contribution < 1.29 is 43.9 Å². The number of aliphatic hydroxyl groups is 1. The summed E-state index contributed by atoms with van der Waals surface area (Å²) in [6.45, 7) is 8.84. The van der Waals surface area contributed by atoms with Gasteiger partial charge in [-0.25, -0.2) is 19.0 Å². The number of piperidine rings is 1. The maximum Gasteiger partial charge on any atom is 0.328 e. The first kappa shape index (κ1) is 40.7. The largest absolute Gasteiger partial charge is 0.506 e. The molecule has 0 radical (unpaired) electrons. The molecule has 1 atom stereocenters. The number of hydrogen-bond acceptors (Lipinski definition) is 12. The van der Waals surface area contributed by atoms with Crippen LogP contribution in [0, 0.1) is 5.82 Å². The number of likely N-dealkylation sites (tertiary alicyclic amines) is 1. The first-order valence-corrected chi connectivity index (χ1v) is 19.2. The highest BCUT2D eigenvalue weighted by Crippen LogP contribution is 2.33. The molecule has 4 aromatic rings. The molecule has 0 saturated carbocycles. The standard InChI is InChI=1S/C33H40FN5O5S2.C4H4O4/c1-20(2)30-36-25(18-45-30)31(42)39-13-14-44-33(19-39)8-11-38(12-9-33)17-21-3-5-24(34)22(15-21)7-10-35-16-27(41)23-4-6-26(40)28-29(23)46-32(43)37-28;5-3(6)1-2-4(7)8/h3-6,15,18,20,27,35,40-41H,7-14,16-17,19H2,1-2H3,(H,37,43);1-2H,(H,5,6)(H,7,8)/b;2-1+/t27-;/m0./s1. The number of morpholine rings is 1. The van der Waals surface area contributed by atoms with Gasteiger partial charge in [0.1, 0.15) is 22.8 Å². The van der Waals surface area contributed by atoms with Crippen LogP contribution < -0.4 is 10.2 Å². The number of aromatic amines is 1. The summed E-state index contributed by atoms with van der Waals surface area (Å²) in [5, 5.41) is 42.4. The van der Waals surface area contributed by atoms with E-state index in [-0.39, 0.29) is 34.5 Å². The molecule has 2 aromatic heterocycles. The summed E-state index contributed by atoms with van der Waals surface area (Å²) in [6.07, 6.45) is 2.31. The van der Waals surface area contributed by atoms with Gasteiger partial charge in [0.15, 0.2) is 0 Å². The van der Waals surface area contributed by atoms with E-state index in [1.807, 2.05) is 22.4 Å². The maximum atomic E-state index is 14.7. The Morgan fingerprint density at radius 2 is 1.83 bits per heavy atom. The van der Waals surface area contributed by atoms with Crippen molar-refractivity contribution in [1.29, 1.82) is 0 Å². The van der Waals surface area contributed by atoms with Crippen molar-refractivity contribution >= 4 is 50.7 Å². The number of benzene rings is 2. The van der Waals surface area contributed by atoms with Gasteiger partial charge in [-0.3, -0.25) is 14.5 Å². The van der Waals surface area contributed by atoms with Gasteiger partial charge in [0.25, 0.3) is 5.91 Å². The van der Waals surface area contributed by atoms with Crippen molar-refractivity contribution in [3.05, 3.63) is 90.7 Å². The van der Waals surface area contributed by atoms with Crippen LogP contribution in [0.25, 0.3) is 10.2 Å². The minimum atomic E-state index is -1.26. The van der Waals surface area contributed by atoms with Gasteiger partial charge in [-0.1, -0.05) is 43.4 Å². The number of halogens is 1. The zero-order valence-electron chi connectivity index (χ0n) is 29.9. The summed E-state index contributed by atoms with van der Waals surface area (Å²) < 4.78 is 21.5. The van der Waals surface area contributed by atoms with Crippen molar-refractivity contribution in [2.45, 2.75) is 57.3 Å². The summed E-state index contributed by atoms with van der Waals surface area (Å²) in [4.78, 5) is 55.2. The zero-order chi connectivity index (χ0) is 39.0. The van der Waals surface area contributed by atoms with Crippen LogP contribution in [0.3, 0.4) is 0 Å². The lowest BCUT2D eigenvalue weighted by molar-refractivity contribution is -0.134. The second kappa shape index (κ2) is 18.2. The maximum absolute atomic E-state index is 14.7. The van der Waals surface area contributed by atoms with Gasteiger partial charge in [-0.05, 0) is 49.1 Å². The molecule has 2 aromatic carbocycles. The van der Waals surface area contributed by atoms with Gasteiger partial charge >= 0.3 is 16.8 Å². The molecule has 1 spiro atoms. The molecular formula is C37H44FN5O9S2. The van der Waals surface area contributed by atoms with Crippen LogP contribution in [0.2, 0.25) is 0 Å². The smallest absolute Gasteiger partial charge is 0.328 e. The Hall–Kier alpha value is -4.52. The molecule has 0 aliphatic carbocycles. The Morgan fingerprint density at radius 1 is 1.11 bits per heavy atom. The predicted octanol–water partition coefficient (Wildman–Crippen LogP) is 4.10. The number of nitrogens with zero attached hydrogens (tertiary/aromatic N) is 3. The number of H-pyrrole nitrogens is 1. The molecule has 2 fully saturated rings. The van der Waals surface area contributed by atoms with Gasteiger partial charge in [-0.15, -0.1) is 11.3 Å². The summed E-state index contributed by atoms with van der Waals surface area (Å²) >= 11 is 2.48. The summed E-state index contributed by atoms with van der Waals surface area (Å²) in [5.74, 6) is -2.54. The van der Waals surface area contributed by atoms with Crippen LogP contribution in [-0.2, 0) is 27.3 Å². The van der Waals surface area contributed by atoms with E-state index in [0.717, 1.165) is 47.8 Å². The molecule has 6 N–H and O–H groups in total. The third-order valence-electron chi connectivity index (χ3n) is 9.28. The van der Waals surface area contributed by atoms with Crippen LogP contribution in [0.1, 0.15) is 70.9 Å². The minimum Gasteiger partial charge on any atom is -0.506 e. The van der Waals surface area contributed by atoms with E-state index in [1.165, 1.54) is 23.5 Å². The number of aliphatic carboxylic acids is 2. The van der Waals surface area contributed by atoms with Crippen LogP contribution in [0.5, 0.6) is 5.75 Å². The van der Waals surface area contributed by atoms with Crippen molar-refractivity contribution in [1.82, 2.24) is 25.1 Å². The van der Waals surface area contributed by atoms with Crippen molar-refractivity contribution in [3.63, 3.8) is 0 Å². The SMILES string of the molecule is CC(C)c1nc(C(=O)N2CCOC3(CCN(Cc4ccc(F)c(CCNC[C@H](O)c5ccc(O)c6[nH]c(=O)sc56)c4)CC3)C2)cs1.O=C(O)/C=C/C(=O)O. The molecule has 1 amide bonds. The van der Waals surface area contributed by atoms with Gasteiger partial charge < -0.3 is 40.4 Å². The normalized spacial score (nSPS) is 16.5. The van der Waals surface area contributed by atoms with Gasteiger partial charge in [0.2, 0.25) is 0 Å². The Kier molecular flexibility index (Phi) is 13.7. The molecule has 0 bridgehead atoms. The summed E-state index contributed by atoms with van der Waals surface area (Å²) in [5.41, 5.74) is 2.69. The lowest BCUT2D eigenvalue weighted by Gasteiger charge is -2.47. The van der Waals surface area contributed by atoms with E-state index in [2.05, 4.69) is 34.0 Å². The van der Waals surface area contributed by atoms with E-state index < -0.39 is 18.0 Å². The number of aromatic hydroxyl groups is 1. The highest BCUT2D eigenvalue weighted by Gasteiger charge is 2.41. The quantitative estimate of drug-likeness (QED) is 0.0888. The fourth-order valence-electron chi connectivity index (χ4n) is 6.44. The number of nitrogens with one attached hydrogen (secondary N) is 2. The van der Waals surface area contributed by atoms with E-state index in [1.54, 1.807) is 6.07 Å². The van der Waals surface area contributed by atoms with E-state index in [4.69, 9.17) is 14.9 Å². The number of carbonyl (C=O) groups is 3. The first-order valence-electron chi connectivity index (χ1n) is 17.5. The average Bonchev–Trinajstić information content (AvgIpc) is 3.80. The number of aliphatic hydroxyl groups excluding tert-OH is 1. The van der Waals surface area contributed by atoms with Crippen molar-refractivity contribution in [3.8, 4) is 5.75 Å². The number of rotatable bonds is 12. The number of phenolic OH excluding ortho intramolecular Hbond substituents is 1. The first-order chi connectivity index (χ1) is 25.7. The van der Waals surface area contributed by atoms with E-state index in [9.17, 15) is 33.8 Å². The number of phenols is 1. The van der Waals surface area contributed by atoms with Gasteiger partial charge in [-0.2, -0.15) is 0 Å². The molecule has 54 heavy (non-hydrogen) atoms. The molecule has 4 heterocycles. The molecule has 17 heteroatoms. The Morgan fingerprint density at radius 3 is 2.50 bits per heavy atom. The number of ether oxygens (including phenoxy) is 1. The zero-order valence-corrected chi connectivity index (χ0v) is 31.6. The van der Waals surface area contributed by atoms with Crippen molar-refractivity contribution in [2.75, 3.05) is 45.9 Å². The number of carboxylic acid groups (broad SMARTS) is 2. The molecule has 6 rings (SSSR count). The second-order valence-electron chi connectivity index (χ2n) is 13.6. The number of amides is 1. The van der Waals surface area contributed by atoms with Crippen LogP contribution in [-0.4, -0.2) is 110 Å². The monoisotopic (exact) mass is 785 g/mol. The lowest BCUT2D eigenvalue weighted by Crippen LogP contribution is -2.58. The molecular weight excluding hydrogens is 742 g/mol. The highest BCUT2D eigenvalue weighted by molar-refractivity contribution is 7.16. The number of carbonyl (C=O) groups excluding carboxylic acids is 1. The van der Waals surface area contributed by atoms with Crippen molar-refractivity contribution in [2.24, 2.45) is 0 Å². The molecule has 2 aliphatic heterocycles. The number of hydrogen-bond donors (Lipinski definition) is 6. The van der Waals surface area contributed by atoms with Gasteiger partial charge in [0.05, 0.1) is 34.6 Å². The number of carboxylic acids is 2. The van der Waals surface area contributed by atoms with Gasteiger partial charge in [0, 0.05) is 61.7 Å². The molecule has 2 saturated heterocycles. The highest BCUT2D eigenvalue weighted by atomic mass is 32.1. The number of fused-ring (bicyclic) bond motifs is 1. The topological polar surface area (TPSA) is 206 Å². The average molecular weight is 786 g/mol. The molecule has 0 unspecified atom stereocenters. The van der Waals surface area contributed by atoms with Crippen LogP contribution >= 0.6 is 22.7 Å². The lowest BCUT2D eigenvalue weighted by atomic mass is 9.89. The number of aromatic nitrogens is 2. The molecule has 14 nitrogen and oxygen atoms in total. The van der Waals surface area contributed by atoms with Crippen LogP contribution in [0.15, 0.2) is 52.7 Å². The summed E-state index contributed by atoms with van der Waals surface area (Å²) in [6, 6.07) is 8.32. The van der Waals surface area contributed by atoms with E-state index in [0.29, 0.717) is 84.3 Å². The Balaban J connectivity index is 0.000000631. The van der Waals surface area contributed by atoms with E-state index >= 15 is 0 Å². The minimum absolute atomic E-state index is 0.0206. The Bertz CT molecular complexity index is 2020. The molecule has 290 valence electrons. The van der Waals surface area contributed by atoms with Crippen LogP contribution in [0.4, 0.5) is 4.39 Å².